The highest BCUT2D eigenvalue weighted by atomic mass is 16.6. The zero-order valence-corrected chi connectivity index (χ0v) is 11.4. The van der Waals surface area contributed by atoms with Crippen LogP contribution in [0.4, 0.5) is 4.79 Å². The Morgan fingerprint density at radius 3 is 2.67 bits per heavy atom. The van der Waals surface area contributed by atoms with E-state index in [2.05, 4.69) is 5.10 Å². The molecule has 100 valence electrons. The van der Waals surface area contributed by atoms with Crippen molar-refractivity contribution in [2.24, 2.45) is 12.8 Å². The number of nitrogens with zero attached hydrogens (tertiary/aromatic N) is 3. The lowest BCUT2D eigenvalue weighted by Crippen LogP contribution is -2.33. The maximum atomic E-state index is 11.9. The molecule has 0 atom stereocenters. The Balaban J connectivity index is 2.11. The van der Waals surface area contributed by atoms with Gasteiger partial charge in [0.15, 0.2) is 0 Å². The number of ether oxygens (including phenoxy) is 1. The number of aromatic nitrogens is 2. The van der Waals surface area contributed by atoms with Crippen LogP contribution >= 0.6 is 0 Å². The fourth-order valence-corrected chi connectivity index (χ4v) is 2.11. The highest BCUT2D eigenvalue weighted by Crippen LogP contribution is 2.26. The fourth-order valence-electron chi connectivity index (χ4n) is 2.11. The zero-order chi connectivity index (χ0) is 13.5. The molecule has 1 aromatic heterocycles. The molecule has 0 radical (unpaired) electrons. The quantitative estimate of drug-likeness (QED) is 0.813. The number of rotatable bonds is 1. The third-order valence-electron chi connectivity index (χ3n) is 2.89. The summed E-state index contributed by atoms with van der Waals surface area (Å²) in [5.41, 5.74) is 8.19. The van der Waals surface area contributed by atoms with Crippen LogP contribution < -0.4 is 5.73 Å². The molecule has 18 heavy (non-hydrogen) atoms. The van der Waals surface area contributed by atoms with Crippen LogP contribution in [0.2, 0.25) is 0 Å². The molecule has 1 aromatic rings. The largest absolute Gasteiger partial charge is 0.444 e. The van der Waals surface area contributed by atoms with Crippen molar-refractivity contribution in [1.82, 2.24) is 14.7 Å². The Morgan fingerprint density at radius 1 is 1.44 bits per heavy atom. The van der Waals surface area contributed by atoms with Crippen LogP contribution in [0.5, 0.6) is 0 Å². The van der Waals surface area contributed by atoms with E-state index in [1.165, 1.54) is 0 Å². The third kappa shape index (κ3) is 2.33. The highest BCUT2D eigenvalue weighted by molar-refractivity contribution is 5.69. The summed E-state index contributed by atoms with van der Waals surface area (Å²) in [6.07, 6.45) is -0.300. The number of carbonyl (C=O) groups is 1. The van der Waals surface area contributed by atoms with Gasteiger partial charge >= 0.3 is 6.09 Å². The molecule has 1 aliphatic heterocycles. The molecular formula is C12H20N4O2. The van der Waals surface area contributed by atoms with Crippen LogP contribution in [0.3, 0.4) is 0 Å². The molecule has 0 spiro atoms. The van der Waals surface area contributed by atoms with Gasteiger partial charge in [0.2, 0.25) is 0 Å². The van der Waals surface area contributed by atoms with Crippen LogP contribution in [-0.2, 0) is 31.4 Å². The summed E-state index contributed by atoms with van der Waals surface area (Å²) in [5, 5.41) is 4.38. The van der Waals surface area contributed by atoms with E-state index in [1.54, 1.807) is 9.58 Å². The molecule has 2 rings (SSSR count). The summed E-state index contributed by atoms with van der Waals surface area (Å²) in [6, 6.07) is 0. The molecule has 1 aliphatic rings. The maximum absolute atomic E-state index is 11.9. The van der Waals surface area contributed by atoms with Gasteiger partial charge in [0.1, 0.15) is 5.60 Å². The maximum Gasteiger partial charge on any atom is 0.410 e. The first-order valence-corrected chi connectivity index (χ1v) is 6.03. The second-order valence-corrected chi connectivity index (χ2v) is 5.54. The average Bonchev–Trinajstić information content (AvgIpc) is 2.71. The van der Waals surface area contributed by atoms with E-state index in [0.717, 1.165) is 17.0 Å². The van der Waals surface area contributed by atoms with E-state index in [9.17, 15) is 4.79 Å². The minimum Gasteiger partial charge on any atom is -0.444 e. The van der Waals surface area contributed by atoms with Gasteiger partial charge in [-0.1, -0.05) is 0 Å². The van der Waals surface area contributed by atoms with Gasteiger partial charge in [0.05, 0.1) is 24.5 Å². The number of carbonyl (C=O) groups excluding carboxylic acids is 1. The lowest BCUT2D eigenvalue weighted by atomic mass is 10.2. The number of hydrogen-bond acceptors (Lipinski definition) is 4. The molecule has 2 heterocycles. The van der Waals surface area contributed by atoms with Crippen molar-refractivity contribution in [3.63, 3.8) is 0 Å². The van der Waals surface area contributed by atoms with Gasteiger partial charge in [-0.3, -0.25) is 9.58 Å². The second-order valence-electron chi connectivity index (χ2n) is 5.54. The van der Waals surface area contributed by atoms with Crippen molar-refractivity contribution in [1.29, 1.82) is 0 Å². The predicted octanol–water partition coefficient (Wildman–Crippen LogP) is 1.13. The highest BCUT2D eigenvalue weighted by Gasteiger charge is 2.31. The molecule has 0 bridgehead atoms. The van der Waals surface area contributed by atoms with Gasteiger partial charge in [0.25, 0.3) is 0 Å². The van der Waals surface area contributed by atoms with Crippen LogP contribution in [0.15, 0.2) is 0 Å². The predicted molar refractivity (Wildman–Crippen MR) is 66.6 cm³/mol. The zero-order valence-electron chi connectivity index (χ0n) is 11.4. The first-order valence-electron chi connectivity index (χ1n) is 6.03. The molecule has 0 fully saturated rings. The van der Waals surface area contributed by atoms with E-state index in [-0.39, 0.29) is 6.09 Å². The summed E-state index contributed by atoms with van der Waals surface area (Å²) in [5.74, 6) is 0. The van der Waals surface area contributed by atoms with Crippen LogP contribution in [0.1, 0.15) is 37.7 Å². The van der Waals surface area contributed by atoms with E-state index < -0.39 is 5.60 Å². The lowest BCUT2D eigenvalue weighted by Gasteiger charge is -2.24. The Labute approximate surface area is 107 Å². The SMILES string of the molecule is Cn1nc2c(c1CN)CN(C(=O)OC(C)(C)C)C2. The first-order chi connectivity index (χ1) is 8.31. The Hall–Kier alpha value is -1.56. The van der Waals surface area contributed by atoms with Gasteiger partial charge in [-0.15, -0.1) is 0 Å². The van der Waals surface area contributed by atoms with Gasteiger partial charge in [-0.25, -0.2) is 4.79 Å². The summed E-state index contributed by atoms with van der Waals surface area (Å²) in [6.45, 7) is 7.04. The number of aryl methyl sites for hydroxylation is 1. The number of hydrogen-bond donors (Lipinski definition) is 1. The normalized spacial score (nSPS) is 14.8. The molecule has 0 aromatic carbocycles. The van der Waals surface area contributed by atoms with E-state index in [0.29, 0.717) is 19.6 Å². The van der Waals surface area contributed by atoms with Crippen LogP contribution in [-0.4, -0.2) is 26.4 Å². The summed E-state index contributed by atoms with van der Waals surface area (Å²) in [7, 11) is 1.87. The van der Waals surface area contributed by atoms with Gasteiger partial charge < -0.3 is 10.5 Å². The van der Waals surface area contributed by atoms with Crippen molar-refractivity contribution >= 4 is 6.09 Å². The van der Waals surface area contributed by atoms with Gasteiger partial charge in [0, 0.05) is 19.2 Å². The molecule has 2 N–H and O–H groups in total. The standard InChI is InChI=1S/C12H20N4O2/c1-12(2,3)18-11(17)16-6-8-9(7-16)14-15(4)10(8)5-13/h5-7,13H2,1-4H3. The van der Waals surface area contributed by atoms with Gasteiger partial charge in [-0.05, 0) is 20.8 Å². The van der Waals surface area contributed by atoms with E-state index in [4.69, 9.17) is 10.5 Å². The summed E-state index contributed by atoms with van der Waals surface area (Å²) >= 11 is 0. The molecule has 6 heteroatoms. The van der Waals surface area contributed by atoms with Crippen molar-refractivity contribution in [2.75, 3.05) is 0 Å². The lowest BCUT2D eigenvalue weighted by molar-refractivity contribution is 0.0239. The van der Waals surface area contributed by atoms with E-state index in [1.807, 2.05) is 27.8 Å². The Kier molecular flexibility index (Phi) is 3.06. The summed E-state index contributed by atoms with van der Waals surface area (Å²) in [4.78, 5) is 13.6. The average molecular weight is 252 g/mol. The minimum absolute atomic E-state index is 0.300. The first kappa shape index (κ1) is 12.9. The molecule has 6 nitrogen and oxygen atoms in total. The van der Waals surface area contributed by atoms with Crippen molar-refractivity contribution in [2.45, 2.75) is 46.0 Å². The van der Waals surface area contributed by atoms with Crippen LogP contribution in [0, 0.1) is 0 Å². The third-order valence-corrected chi connectivity index (χ3v) is 2.89. The van der Waals surface area contributed by atoms with Crippen molar-refractivity contribution in [3.05, 3.63) is 17.0 Å². The fraction of sp³-hybridized carbons (Fsp3) is 0.667. The smallest absolute Gasteiger partial charge is 0.410 e. The molecule has 0 unspecified atom stereocenters. The minimum atomic E-state index is -0.474. The van der Waals surface area contributed by atoms with Crippen molar-refractivity contribution in [3.8, 4) is 0 Å². The molecule has 0 saturated carbocycles. The number of nitrogens with two attached hydrogens (primary N) is 1. The van der Waals surface area contributed by atoms with Crippen LogP contribution in [0.25, 0.3) is 0 Å². The van der Waals surface area contributed by atoms with E-state index >= 15 is 0 Å². The monoisotopic (exact) mass is 252 g/mol. The topological polar surface area (TPSA) is 73.4 Å². The molecule has 1 amide bonds. The Bertz CT molecular complexity index is 473. The number of fused-ring (bicyclic) bond motifs is 1. The number of amides is 1. The molecule has 0 aliphatic carbocycles. The molecule has 0 saturated heterocycles. The Morgan fingerprint density at radius 2 is 2.11 bits per heavy atom. The van der Waals surface area contributed by atoms with Crippen molar-refractivity contribution < 1.29 is 9.53 Å². The van der Waals surface area contributed by atoms with Gasteiger partial charge in [-0.2, -0.15) is 5.10 Å². The second kappa shape index (κ2) is 4.28. The molecular weight excluding hydrogens is 232 g/mol. The summed E-state index contributed by atoms with van der Waals surface area (Å²) < 4.78 is 7.14.